The van der Waals surface area contributed by atoms with Crippen LogP contribution in [0.1, 0.15) is 236 Å². The summed E-state index contributed by atoms with van der Waals surface area (Å²) in [5.74, 6) is 2.58. The quantitative estimate of drug-likeness (QED) is 0.0423. The van der Waals surface area contributed by atoms with Gasteiger partial charge in [0.15, 0.2) is 49.4 Å². The van der Waals surface area contributed by atoms with E-state index in [1.54, 1.807) is 0 Å². The van der Waals surface area contributed by atoms with E-state index in [0.29, 0.717) is 32.9 Å². The van der Waals surface area contributed by atoms with Gasteiger partial charge in [-0.05, 0) is 50.3 Å². The highest BCUT2D eigenvalue weighted by Gasteiger charge is 2.26. The van der Waals surface area contributed by atoms with Gasteiger partial charge in [-0.1, -0.05) is 194 Å². The van der Waals surface area contributed by atoms with Crippen molar-refractivity contribution in [3.63, 3.8) is 0 Å². The molecule has 0 aliphatic rings. The minimum absolute atomic E-state index is 0.679. The molecular weight excluding hydrogens is 749 g/mol. The molecule has 5 heteroatoms. The van der Waals surface area contributed by atoms with Gasteiger partial charge in [0.1, 0.15) is 0 Å². The second kappa shape index (κ2) is 35.4. The summed E-state index contributed by atoms with van der Waals surface area (Å²) in [7, 11) is 0. The van der Waals surface area contributed by atoms with Crippen LogP contribution in [-0.4, -0.2) is 19.8 Å². The lowest BCUT2D eigenvalue weighted by Gasteiger charge is -2.22. The summed E-state index contributed by atoms with van der Waals surface area (Å²) in [6, 6.07) is 11.1. The summed E-state index contributed by atoms with van der Waals surface area (Å²) in [4.78, 5) is 0. The Morgan fingerprint density at radius 3 is 0.852 bits per heavy atom. The molecule has 0 saturated heterocycles. The van der Waals surface area contributed by atoms with Crippen molar-refractivity contribution >= 4 is 0 Å². The Bertz CT molecular complexity index is 1370. The minimum Gasteiger partial charge on any atom is -0.489 e. The predicted molar refractivity (Wildman–Crippen MR) is 259 cm³/mol. The van der Waals surface area contributed by atoms with Crippen LogP contribution in [0.4, 0.5) is 0 Å². The van der Waals surface area contributed by atoms with Gasteiger partial charge in [0.2, 0.25) is 5.75 Å². The first-order valence-corrected chi connectivity index (χ1v) is 26.0. The Morgan fingerprint density at radius 2 is 0.574 bits per heavy atom. The standard InChI is InChI=1S/C56H94N2O3/c1-6-9-12-15-18-21-24-27-30-33-44-59-54-52(48-57-40-36-50(4)37-41-57)47-53(49-58-42-38-51(5)39-43-58)55(60-45-34-31-28-25-22-19-16-13-10-7-2)56(54)61-46-35-32-29-26-23-20-17-14-11-8-3/h36-43,47H,6-35,44-46,48-49H2,1-5H3/q+2. The van der Waals surface area contributed by atoms with Gasteiger partial charge in [-0.2, -0.15) is 0 Å². The second-order valence-corrected chi connectivity index (χ2v) is 18.4. The zero-order chi connectivity index (χ0) is 43.4. The highest BCUT2D eigenvalue weighted by atomic mass is 16.5. The topological polar surface area (TPSA) is 35.5 Å². The van der Waals surface area contributed by atoms with Crippen molar-refractivity contribution in [1.29, 1.82) is 0 Å². The molecule has 3 aromatic rings. The molecule has 344 valence electrons. The van der Waals surface area contributed by atoms with E-state index in [-0.39, 0.29) is 0 Å². The lowest BCUT2D eigenvalue weighted by atomic mass is 10.0. The average molecular weight is 843 g/mol. The Balaban J connectivity index is 1.82. The third-order valence-corrected chi connectivity index (χ3v) is 12.4. The first-order valence-electron chi connectivity index (χ1n) is 26.0. The molecule has 61 heavy (non-hydrogen) atoms. The van der Waals surface area contributed by atoms with Gasteiger partial charge in [0.05, 0.1) is 30.9 Å². The fraction of sp³-hybridized carbons (Fsp3) is 0.714. The van der Waals surface area contributed by atoms with Crippen LogP contribution in [0.3, 0.4) is 0 Å². The fourth-order valence-corrected chi connectivity index (χ4v) is 8.38. The summed E-state index contributed by atoms with van der Waals surface area (Å²) < 4.78 is 25.4. The summed E-state index contributed by atoms with van der Waals surface area (Å²) in [5.41, 5.74) is 4.85. The number of unbranched alkanes of at least 4 members (excludes halogenated alkanes) is 27. The molecule has 0 bridgehead atoms. The number of aromatic nitrogens is 2. The Morgan fingerprint density at radius 1 is 0.328 bits per heavy atom. The number of hydrogen-bond donors (Lipinski definition) is 0. The van der Waals surface area contributed by atoms with Crippen LogP contribution in [0.15, 0.2) is 55.1 Å². The van der Waals surface area contributed by atoms with Crippen LogP contribution in [0.5, 0.6) is 17.2 Å². The summed E-state index contributed by atoms with van der Waals surface area (Å²) in [6.45, 7) is 14.7. The van der Waals surface area contributed by atoms with E-state index in [4.69, 9.17) is 14.2 Å². The number of ether oxygens (including phenoxy) is 3. The first kappa shape index (κ1) is 52.3. The molecule has 0 saturated carbocycles. The molecule has 5 nitrogen and oxygen atoms in total. The SMILES string of the molecule is CCCCCCCCCCCCOc1c(C[n+]2ccc(C)cc2)cc(C[n+]2ccc(C)cc2)c(OCCCCCCCCCCCC)c1OCCCCCCCCCCCC. The molecule has 1 aromatic carbocycles. The van der Waals surface area contributed by atoms with Crippen molar-refractivity contribution < 1.29 is 23.3 Å². The number of nitrogens with zero attached hydrogens (tertiary/aromatic N) is 2. The molecule has 0 atom stereocenters. The normalized spacial score (nSPS) is 11.4. The molecule has 0 N–H and O–H groups in total. The van der Waals surface area contributed by atoms with Gasteiger partial charge >= 0.3 is 0 Å². The van der Waals surface area contributed by atoms with Crippen LogP contribution in [0.25, 0.3) is 0 Å². The van der Waals surface area contributed by atoms with Crippen molar-refractivity contribution in [3.8, 4) is 17.2 Å². The predicted octanol–water partition coefficient (Wildman–Crippen LogP) is 15.9. The van der Waals surface area contributed by atoms with Gasteiger partial charge in [-0.25, -0.2) is 9.13 Å². The lowest BCUT2D eigenvalue weighted by Crippen LogP contribution is -2.35. The highest BCUT2D eigenvalue weighted by Crippen LogP contribution is 2.44. The van der Waals surface area contributed by atoms with Gasteiger partial charge in [0.25, 0.3) is 0 Å². The van der Waals surface area contributed by atoms with Crippen LogP contribution in [0.2, 0.25) is 0 Å². The molecule has 0 aliphatic heterocycles. The summed E-state index contributed by atoms with van der Waals surface area (Å²) in [5, 5.41) is 0. The summed E-state index contributed by atoms with van der Waals surface area (Å²) >= 11 is 0. The summed E-state index contributed by atoms with van der Waals surface area (Å²) in [6.07, 6.45) is 48.0. The number of rotatable bonds is 40. The Labute approximate surface area is 376 Å². The lowest BCUT2D eigenvalue weighted by molar-refractivity contribution is -0.689. The van der Waals surface area contributed by atoms with Crippen molar-refractivity contribution in [1.82, 2.24) is 0 Å². The maximum atomic E-state index is 6.97. The molecule has 0 fully saturated rings. The average Bonchev–Trinajstić information content (AvgIpc) is 3.26. The molecular formula is C56H94N2O3+2. The van der Waals surface area contributed by atoms with Gasteiger partial charge in [-0.3, -0.25) is 0 Å². The van der Waals surface area contributed by atoms with E-state index >= 15 is 0 Å². The third-order valence-electron chi connectivity index (χ3n) is 12.4. The zero-order valence-electron chi connectivity index (χ0n) is 40.6. The van der Waals surface area contributed by atoms with E-state index in [0.717, 1.165) is 47.6 Å². The van der Waals surface area contributed by atoms with Crippen molar-refractivity contribution in [3.05, 3.63) is 77.4 Å². The zero-order valence-corrected chi connectivity index (χ0v) is 40.6. The van der Waals surface area contributed by atoms with Crippen LogP contribution < -0.4 is 23.3 Å². The van der Waals surface area contributed by atoms with E-state index in [9.17, 15) is 0 Å². The number of hydrogen-bond acceptors (Lipinski definition) is 3. The van der Waals surface area contributed by atoms with E-state index in [2.05, 4.69) is 98.9 Å². The molecule has 3 rings (SSSR count). The minimum atomic E-state index is 0.679. The van der Waals surface area contributed by atoms with Gasteiger partial charge < -0.3 is 14.2 Å². The van der Waals surface area contributed by atoms with Gasteiger partial charge in [0, 0.05) is 24.3 Å². The third kappa shape index (κ3) is 24.4. The largest absolute Gasteiger partial charge is 0.489 e. The van der Waals surface area contributed by atoms with Crippen LogP contribution in [0, 0.1) is 13.8 Å². The van der Waals surface area contributed by atoms with Crippen molar-refractivity contribution in [2.24, 2.45) is 0 Å². The molecule has 2 heterocycles. The molecule has 0 radical (unpaired) electrons. The highest BCUT2D eigenvalue weighted by molar-refractivity contribution is 5.60. The molecule has 0 spiro atoms. The monoisotopic (exact) mass is 843 g/mol. The Kier molecular flexibility index (Phi) is 30.3. The molecule has 0 aliphatic carbocycles. The van der Waals surface area contributed by atoms with Crippen molar-refractivity contribution in [2.45, 2.75) is 240 Å². The Hall–Kier alpha value is -3.08. The van der Waals surface area contributed by atoms with E-state index < -0.39 is 0 Å². The van der Waals surface area contributed by atoms with Gasteiger partial charge in [-0.15, -0.1) is 0 Å². The maximum absolute atomic E-state index is 6.97. The van der Waals surface area contributed by atoms with Crippen molar-refractivity contribution in [2.75, 3.05) is 19.8 Å². The number of aryl methyl sites for hydroxylation is 2. The van der Waals surface area contributed by atoms with E-state index in [1.165, 1.54) is 184 Å². The van der Waals surface area contributed by atoms with Crippen LogP contribution >= 0.6 is 0 Å². The van der Waals surface area contributed by atoms with Crippen LogP contribution in [-0.2, 0) is 13.1 Å². The second-order valence-electron chi connectivity index (χ2n) is 18.4. The maximum Gasteiger partial charge on any atom is 0.204 e. The first-order chi connectivity index (χ1) is 30.0. The molecule has 0 amide bonds. The number of benzene rings is 1. The molecule has 0 unspecified atom stereocenters. The number of pyridine rings is 2. The molecule has 2 aromatic heterocycles. The smallest absolute Gasteiger partial charge is 0.204 e. The fourth-order valence-electron chi connectivity index (χ4n) is 8.38. The van der Waals surface area contributed by atoms with E-state index in [1.807, 2.05) is 0 Å².